The molecule has 12 atom stereocenters. The Balaban J connectivity index is 0.000000124. The highest BCUT2D eigenvalue weighted by Crippen LogP contribution is 2.50. The van der Waals surface area contributed by atoms with Crippen LogP contribution in [0.2, 0.25) is 0 Å². The standard InChI is InChI=1S/C19H22BrN5O3.C18H22BrN5O.C14H14BrN5O.C11H17NO4.C7H6BrN5/c1-19(2,3)28-18(27)25-14-8-11(14)9-15(25)16(26)6-10-4-12(7-13(20)5-10)17-21-23-24-22-17;1-18(2,3)24-17(21-22-23-24)12-4-10(5-13(19)7-12)6-16(25)15-9-11-8-14(11)20-15;15-10-2-7(1-9(4-10)14-17-19-20-18-14)3-13(21)12-6-8-5-11(8)16-12;1-11(2,3)16-10(15)12-7-4-6(7)5-8(12)9(13)14;8-5-1-4(2-6(9)3-5)7-10-12-13-11-7/h4-5,7,11,14-15H,6,8-9H2,1-3H3,(H,21,22,23,24);4-5,7,11,14-15,20H,6,8-9H2,1-3H3;1-2,4,8,11-12,16H,3,5-6H2,(H,17,18,19,20);6-8H,4-5H2,1-3H3,(H,13,14);1-3H,9H2,(H,10,11,12,13)/t2*11-,14-,15+;8-,11-,12+;6-,7-,8+;/m1111./s1. The molecule has 8 aromatic rings. The normalized spacial score (nSPS) is 24.2. The number of carboxylic acids is 1. The van der Waals surface area contributed by atoms with Crippen molar-refractivity contribution in [3.8, 4) is 45.6 Å². The maximum Gasteiger partial charge on any atom is 0.411 e. The van der Waals surface area contributed by atoms with Crippen LogP contribution in [0.5, 0.6) is 0 Å². The Kier molecular flexibility index (Phi) is 22.1. The molecule has 4 aromatic carbocycles. The number of H-pyrrole nitrogens is 3. The van der Waals surface area contributed by atoms with Crippen molar-refractivity contribution in [2.45, 2.75) is 198 Å². The highest BCUT2D eigenvalue weighted by molar-refractivity contribution is 9.11. The second-order valence-corrected chi connectivity index (χ2v) is 34.1. The minimum absolute atomic E-state index is 0.0195. The van der Waals surface area contributed by atoms with Gasteiger partial charge in [0.05, 0.1) is 23.7 Å². The number of nitrogens with one attached hydrogen (secondary N) is 5. The average molecular weight is 1670 g/mol. The molecule has 8 fully saturated rings. The van der Waals surface area contributed by atoms with Crippen LogP contribution in [0.25, 0.3) is 45.6 Å². The molecule has 34 heteroatoms. The summed E-state index contributed by atoms with van der Waals surface area (Å²) in [5.41, 5.74) is 11.1. The fourth-order valence-corrected chi connectivity index (χ4v) is 15.9. The summed E-state index contributed by atoms with van der Waals surface area (Å²) in [6.07, 6.45) is 7.83. The van der Waals surface area contributed by atoms with Crippen molar-refractivity contribution in [1.82, 2.24) is 103 Å². The van der Waals surface area contributed by atoms with Crippen LogP contribution >= 0.6 is 63.7 Å². The maximum absolute atomic E-state index is 13.1. The molecular weight excluding hydrogens is 1590 g/mol. The molecule has 4 aromatic heterocycles. The van der Waals surface area contributed by atoms with Gasteiger partial charge in [-0.05, 0) is 253 Å². The van der Waals surface area contributed by atoms with Crippen molar-refractivity contribution in [3.05, 3.63) is 107 Å². The Morgan fingerprint density at radius 3 is 1.27 bits per heavy atom. The number of aromatic nitrogens is 16. The predicted octanol–water partition coefficient (Wildman–Crippen LogP) is 10.0. The summed E-state index contributed by atoms with van der Waals surface area (Å²) < 4.78 is 16.1. The van der Waals surface area contributed by atoms with Gasteiger partial charge in [-0.25, -0.2) is 19.1 Å². The number of rotatable bonds is 14. The molecule has 0 unspecified atom stereocenters. The second kappa shape index (κ2) is 30.5. The molecule has 4 saturated carbocycles. The molecule has 544 valence electrons. The number of nitrogen functional groups attached to an aromatic ring is 1. The number of carbonyl (C=O) groups is 6. The molecule has 2 amide bonds. The Bertz CT molecular complexity index is 4390. The van der Waals surface area contributed by atoms with Crippen LogP contribution in [-0.4, -0.2) is 192 Å². The zero-order valence-electron chi connectivity index (χ0n) is 58.1. The van der Waals surface area contributed by atoms with Gasteiger partial charge in [-0.15, -0.1) is 35.7 Å². The number of anilines is 1. The predicted molar refractivity (Wildman–Crippen MR) is 390 cm³/mol. The van der Waals surface area contributed by atoms with Crippen LogP contribution in [0.1, 0.15) is 130 Å². The monoisotopic (exact) mass is 1660 g/mol. The SMILES string of the molecule is CC(C)(C)OC(=O)N1[C@@H]2C[C@@H]2C[C@H]1C(=O)Cc1cc(Br)cc(-c2nn[nH]n2)c1.CC(C)(C)OC(=O)N1[C@@H]2C[C@@H]2C[C@H]1C(=O)O.CC(C)(C)n1nnnc1-c1cc(Br)cc(CC(=O)[C@@H]2C[C@H]3C[C@H]3N2)c1.Nc1cc(Br)cc(-c2nn[nH]n2)c1.O=C(Cc1cc(Br)cc(-c2nn[nH]n2)c1)[C@@H]1C[C@H]2C[C@H]2N1. The number of hydrogen-bond acceptors (Lipinski definition) is 23. The fraction of sp³-hybridized carbons (Fsp3) is 0.507. The van der Waals surface area contributed by atoms with Crippen LogP contribution in [0.3, 0.4) is 0 Å². The minimum Gasteiger partial charge on any atom is -0.480 e. The molecule has 16 rings (SSSR count). The smallest absolute Gasteiger partial charge is 0.411 e. The number of carbonyl (C=O) groups excluding carboxylic acids is 5. The van der Waals surface area contributed by atoms with Crippen molar-refractivity contribution >= 4 is 105 Å². The summed E-state index contributed by atoms with van der Waals surface area (Å²) in [6.45, 7) is 17.0. The number of carboxylic acid groups (broad SMARTS) is 1. The highest BCUT2D eigenvalue weighted by Gasteiger charge is 2.58. The van der Waals surface area contributed by atoms with E-state index < -0.39 is 41.4 Å². The van der Waals surface area contributed by atoms with Crippen molar-refractivity contribution < 1.29 is 43.3 Å². The number of halogens is 4. The number of ketones is 3. The summed E-state index contributed by atoms with van der Waals surface area (Å²) in [4.78, 5) is 76.6. The van der Waals surface area contributed by atoms with Crippen LogP contribution in [0, 0.1) is 23.7 Å². The number of hydrogen-bond donors (Lipinski definition) is 7. The number of tetrazole rings is 4. The van der Waals surface area contributed by atoms with E-state index >= 15 is 0 Å². The number of nitrogens with zero attached hydrogens (tertiary/aromatic N) is 15. The van der Waals surface area contributed by atoms with Crippen LogP contribution in [0.4, 0.5) is 15.3 Å². The molecule has 4 aliphatic heterocycles. The van der Waals surface area contributed by atoms with Gasteiger partial charge >= 0.3 is 18.2 Å². The largest absolute Gasteiger partial charge is 0.480 e. The fourth-order valence-electron chi connectivity index (χ4n) is 13.7. The van der Waals surface area contributed by atoms with Crippen LogP contribution in [0.15, 0.2) is 90.7 Å². The first-order valence-electron chi connectivity index (χ1n) is 34.1. The van der Waals surface area contributed by atoms with Gasteiger partial charge in [0.2, 0.25) is 17.5 Å². The molecule has 4 saturated heterocycles. The second-order valence-electron chi connectivity index (χ2n) is 30.4. The minimum atomic E-state index is -0.932. The Labute approximate surface area is 626 Å². The summed E-state index contributed by atoms with van der Waals surface area (Å²) in [5.74, 6) is 4.11. The Morgan fingerprint density at radius 2 is 0.883 bits per heavy atom. The molecule has 103 heavy (non-hydrogen) atoms. The molecule has 0 radical (unpaired) electrons. The van der Waals surface area contributed by atoms with Crippen molar-refractivity contribution in [1.29, 1.82) is 0 Å². The number of Topliss-reactive ketones (excluding diaryl/α,β-unsaturated/α-hetero) is 3. The lowest BCUT2D eigenvalue weighted by molar-refractivity contribution is -0.142. The third-order valence-electron chi connectivity index (χ3n) is 18.7. The van der Waals surface area contributed by atoms with E-state index in [4.69, 9.17) is 20.3 Å². The summed E-state index contributed by atoms with van der Waals surface area (Å²) in [7, 11) is 0. The van der Waals surface area contributed by atoms with Gasteiger partial charge in [-0.3, -0.25) is 24.2 Å². The van der Waals surface area contributed by atoms with Gasteiger partial charge in [-0.2, -0.15) is 15.6 Å². The quantitative estimate of drug-likeness (QED) is 0.0497. The number of aliphatic carboxylic acids is 1. The first kappa shape index (κ1) is 74.5. The lowest BCUT2D eigenvalue weighted by Gasteiger charge is -2.30. The van der Waals surface area contributed by atoms with Crippen LogP contribution in [-0.2, 0) is 53.5 Å². The average Bonchev–Trinajstić information content (AvgIpc) is 1.37. The molecule has 8 aliphatic rings. The molecular formula is C69H81Br4N21O9. The summed E-state index contributed by atoms with van der Waals surface area (Å²) in [6, 6.07) is 23.3. The Hall–Kier alpha value is -8.18. The number of piperidine rings is 4. The van der Waals surface area contributed by atoms with Gasteiger partial charge in [-0.1, -0.05) is 63.7 Å². The van der Waals surface area contributed by atoms with Crippen molar-refractivity contribution in [3.63, 3.8) is 0 Å². The maximum atomic E-state index is 13.1. The van der Waals surface area contributed by atoms with E-state index in [2.05, 4.69) is 173 Å². The Morgan fingerprint density at radius 1 is 0.485 bits per heavy atom. The van der Waals surface area contributed by atoms with E-state index in [1.165, 1.54) is 17.7 Å². The molecule has 4 aliphatic carbocycles. The number of fused-ring (bicyclic) bond motifs is 4. The van der Waals surface area contributed by atoms with E-state index in [0.29, 0.717) is 78.6 Å². The molecule has 30 nitrogen and oxygen atoms in total. The van der Waals surface area contributed by atoms with Gasteiger partial charge in [0.25, 0.3) is 0 Å². The van der Waals surface area contributed by atoms with Gasteiger partial charge in [0.15, 0.2) is 23.2 Å². The van der Waals surface area contributed by atoms with E-state index in [-0.39, 0.29) is 53.5 Å². The lowest BCUT2D eigenvalue weighted by Crippen LogP contribution is -2.46. The summed E-state index contributed by atoms with van der Waals surface area (Å²) >= 11 is 13.8. The zero-order valence-corrected chi connectivity index (χ0v) is 64.5. The number of nitrogens with two attached hydrogens (primary N) is 1. The zero-order chi connectivity index (χ0) is 73.6. The number of likely N-dealkylation sites (tertiary alicyclic amines) is 2. The van der Waals surface area contributed by atoms with Gasteiger partial charge in [0.1, 0.15) is 17.2 Å². The third-order valence-corrected chi connectivity index (χ3v) is 20.5. The number of aromatic amines is 3. The lowest BCUT2D eigenvalue weighted by atomic mass is 9.99. The van der Waals surface area contributed by atoms with Crippen LogP contribution < -0.4 is 16.4 Å². The van der Waals surface area contributed by atoms with Crippen molar-refractivity contribution in [2.24, 2.45) is 23.7 Å². The highest BCUT2D eigenvalue weighted by atomic mass is 79.9. The van der Waals surface area contributed by atoms with E-state index in [1.54, 1.807) is 31.7 Å². The topological polar surface area (TPSA) is 405 Å². The number of benzene rings is 4. The number of ether oxygens (including phenoxy) is 2. The molecule has 0 bridgehead atoms. The first-order valence-corrected chi connectivity index (χ1v) is 37.2. The van der Waals surface area contributed by atoms with E-state index in [9.17, 15) is 28.8 Å². The van der Waals surface area contributed by atoms with Crippen molar-refractivity contribution in [2.75, 3.05) is 5.73 Å². The summed E-state index contributed by atoms with van der Waals surface area (Å²) in [5, 5.41) is 69.5. The van der Waals surface area contributed by atoms with Gasteiger partial charge in [0, 0.05) is 89.3 Å². The van der Waals surface area contributed by atoms with E-state index in [0.717, 1.165) is 94.4 Å². The third kappa shape index (κ3) is 19.2. The van der Waals surface area contributed by atoms with Gasteiger partial charge < -0.3 is 30.9 Å². The van der Waals surface area contributed by atoms with E-state index in [1.807, 2.05) is 92.2 Å². The molecule has 8 N–H and O–H groups in total. The molecule has 0 spiro atoms. The first-order chi connectivity index (χ1) is 48.8. The molecule has 8 heterocycles. The number of amides is 2.